The van der Waals surface area contributed by atoms with E-state index < -0.39 is 0 Å². The second kappa shape index (κ2) is 6.04. The molecule has 4 nitrogen and oxygen atoms in total. The molecule has 1 atom stereocenters. The van der Waals surface area contributed by atoms with Gasteiger partial charge in [-0.05, 0) is 37.6 Å². The molecule has 100 valence electrons. The number of nitrogens with one attached hydrogen (secondary N) is 2. The maximum absolute atomic E-state index is 12.0. The number of rotatable bonds is 4. The normalized spacial score (nSPS) is 11.9. The van der Waals surface area contributed by atoms with Crippen molar-refractivity contribution in [1.29, 1.82) is 0 Å². The number of aromatic nitrogens is 1. The summed E-state index contributed by atoms with van der Waals surface area (Å²) in [5.41, 5.74) is 1.90. The monoisotopic (exact) mass is 295 g/mol. The zero-order valence-corrected chi connectivity index (χ0v) is 12.2. The van der Waals surface area contributed by atoms with E-state index in [9.17, 15) is 4.79 Å². The molecule has 0 saturated heterocycles. The van der Waals surface area contributed by atoms with E-state index in [2.05, 4.69) is 15.6 Å². The van der Waals surface area contributed by atoms with Crippen LogP contribution < -0.4 is 10.6 Å². The molecule has 2 aromatic rings. The summed E-state index contributed by atoms with van der Waals surface area (Å²) < 4.78 is 0. The summed E-state index contributed by atoms with van der Waals surface area (Å²) in [5, 5.41) is 9.01. The summed E-state index contributed by atoms with van der Waals surface area (Å²) >= 11 is 7.29. The van der Waals surface area contributed by atoms with Crippen LogP contribution in [0.3, 0.4) is 0 Å². The molecule has 2 rings (SSSR count). The molecular weight excluding hydrogens is 282 g/mol. The number of hydrogen-bond acceptors (Lipinski definition) is 4. The van der Waals surface area contributed by atoms with Crippen molar-refractivity contribution in [1.82, 2.24) is 4.98 Å². The molecule has 1 aromatic carbocycles. The zero-order valence-electron chi connectivity index (χ0n) is 10.6. The van der Waals surface area contributed by atoms with E-state index in [0.29, 0.717) is 10.2 Å². The average Bonchev–Trinajstić information content (AvgIpc) is 2.85. The first kappa shape index (κ1) is 13.8. The maximum Gasteiger partial charge on any atom is 0.248 e. The molecule has 0 saturated carbocycles. The topological polar surface area (TPSA) is 54.0 Å². The van der Waals surface area contributed by atoms with Gasteiger partial charge in [-0.25, -0.2) is 4.98 Å². The van der Waals surface area contributed by atoms with Gasteiger partial charge in [-0.1, -0.05) is 11.6 Å². The van der Waals surface area contributed by atoms with Gasteiger partial charge in [-0.2, -0.15) is 0 Å². The highest BCUT2D eigenvalue weighted by Gasteiger charge is 2.14. The van der Waals surface area contributed by atoms with Gasteiger partial charge in [0, 0.05) is 22.3 Å². The Morgan fingerprint density at radius 1 is 1.47 bits per heavy atom. The summed E-state index contributed by atoms with van der Waals surface area (Å²) in [5.74, 6) is -0.121. The van der Waals surface area contributed by atoms with Crippen LogP contribution in [0, 0.1) is 6.92 Å². The van der Waals surface area contributed by atoms with Crippen molar-refractivity contribution >= 4 is 39.7 Å². The lowest BCUT2D eigenvalue weighted by Gasteiger charge is -2.16. The highest BCUT2D eigenvalue weighted by molar-refractivity contribution is 7.13. The Labute approximate surface area is 120 Å². The van der Waals surface area contributed by atoms with Crippen LogP contribution in [0.4, 0.5) is 10.8 Å². The molecule has 2 N–H and O–H groups in total. The smallest absolute Gasteiger partial charge is 0.248 e. The molecule has 0 aliphatic rings. The quantitative estimate of drug-likeness (QED) is 0.907. The van der Waals surface area contributed by atoms with Crippen LogP contribution in [0.2, 0.25) is 5.02 Å². The summed E-state index contributed by atoms with van der Waals surface area (Å²) in [6, 6.07) is 5.16. The van der Waals surface area contributed by atoms with Crippen molar-refractivity contribution in [3.05, 3.63) is 40.4 Å². The lowest BCUT2D eigenvalue weighted by Crippen LogP contribution is -2.32. The Balaban J connectivity index is 2.00. The Bertz CT molecular complexity index is 571. The van der Waals surface area contributed by atoms with Gasteiger partial charge >= 0.3 is 0 Å². The molecule has 0 aliphatic carbocycles. The van der Waals surface area contributed by atoms with Crippen LogP contribution in [0.15, 0.2) is 29.8 Å². The van der Waals surface area contributed by atoms with Crippen LogP contribution in [0.5, 0.6) is 0 Å². The number of carbonyl (C=O) groups excluding carboxylic acids is 1. The summed E-state index contributed by atoms with van der Waals surface area (Å²) in [4.78, 5) is 16.0. The van der Waals surface area contributed by atoms with E-state index in [0.717, 1.165) is 11.3 Å². The largest absolute Gasteiger partial charge is 0.374 e. The van der Waals surface area contributed by atoms with E-state index in [4.69, 9.17) is 11.6 Å². The standard InChI is InChI=1S/C13H14ClN3OS/c1-8-7-10(14)3-4-11(8)16-9(2)12(18)17-13-15-5-6-19-13/h3-7,9,16H,1-2H3,(H,15,17,18)/t9-/m1/s1. The SMILES string of the molecule is Cc1cc(Cl)ccc1N[C@H](C)C(=O)Nc1nccs1. The van der Waals surface area contributed by atoms with Crippen molar-refractivity contribution in [3.63, 3.8) is 0 Å². The van der Waals surface area contributed by atoms with Crippen molar-refractivity contribution in [2.45, 2.75) is 19.9 Å². The van der Waals surface area contributed by atoms with E-state index in [1.807, 2.05) is 24.4 Å². The molecule has 0 aliphatic heterocycles. The summed E-state index contributed by atoms with van der Waals surface area (Å²) in [6.07, 6.45) is 1.65. The van der Waals surface area contributed by atoms with E-state index >= 15 is 0 Å². The Hall–Kier alpha value is -1.59. The van der Waals surface area contributed by atoms with Crippen LogP contribution in [-0.2, 0) is 4.79 Å². The molecule has 0 spiro atoms. The number of aryl methyl sites for hydroxylation is 1. The first-order chi connectivity index (χ1) is 9.06. The van der Waals surface area contributed by atoms with Gasteiger partial charge in [0.05, 0.1) is 0 Å². The fourth-order valence-electron chi connectivity index (χ4n) is 1.59. The summed E-state index contributed by atoms with van der Waals surface area (Å²) in [7, 11) is 0. The van der Waals surface area contributed by atoms with E-state index in [1.54, 1.807) is 19.2 Å². The number of nitrogens with zero attached hydrogens (tertiary/aromatic N) is 1. The van der Waals surface area contributed by atoms with Crippen molar-refractivity contribution in [3.8, 4) is 0 Å². The fraction of sp³-hybridized carbons (Fsp3) is 0.231. The number of thiazole rings is 1. The molecule has 0 unspecified atom stereocenters. The maximum atomic E-state index is 12.0. The predicted octanol–water partition coefficient (Wildman–Crippen LogP) is 3.54. The zero-order chi connectivity index (χ0) is 13.8. The Morgan fingerprint density at radius 3 is 2.89 bits per heavy atom. The van der Waals surface area contributed by atoms with Crippen molar-refractivity contribution < 1.29 is 4.79 Å². The van der Waals surface area contributed by atoms with Gasteiger partial charge in [-0.3, -0.25) is 4.79 Å². The molecule has 0 radical (unpaired) electrons. The van der Waals surface area contributed by atoms with Crippen LogP contribution in [-0.4, -0.2) is 16.9 Å². The third-order valence-corrected chi connectivity index (χ3v) is 3.54. The van der Waals surface area contributed by atoms with Gasteiger partial charge in [0.1, 0.15) is 6.04 Å². The predicted molar refractivity (Wildman–Crippen MR) is 80.0 cm³/mol. The molecular formula is C13H14ClN3OS. The van der Waals surface area contributed by atoms with Crippen LogP contribution in [0.25, 0.3) is 0 Å². The van der Waals surface area contributed by atoms with Crippen LogP contribution >= 0.6 is 22.9 Å². The molecule has 0 bridgehead atoms. The highest BCUT2D eigenvalue weighted by Crippen LogP contribution is 2.20. The Morgan fingerprint density at radius 2 is 2.26 bits per heavy atom. The van der Waals surface area contributed by atoms with Gasteiger partial charge in [0.2, 0.25) is 5.91 Å². The molecule has 6 heteroatoms. The van der Waals surface area contributed by atoms with Crippen molar-refractivity contribution in [2.24, 2.45) is 0 Å². The number of carbonyl (C=O) groups is 1. The lowest BCUT2D eigenvalue weighted by atomic mass is 10.2. The number of benzene rings is 1. The minimum absolute atomic E-state index is 0.121. The minimum atomic E-state index is -0.358. The first-order valence-electron chi connectivity index (χ1n) is 5.79. The minimum Gasteiger partial charge on any atom is -0.374 e. The third-order valence-electron chi connectivity index (χ3n) is 2.62. The second-order valence-corrected chi connectivity index (χ2v) is 5.48. The molecule has 1 heterocycles. The molecule has 0 fully saturated rings. The number of halogens is 1. The second-order valence-electron chi connectivity index (χ2n) is 4.15. The molecule has 19 heavy (non-hydrogen) atoms. The van der Waals surface area contributed by atoms with Crippen molar-refractivity contribution in [2.75, 3.05) is 10.6 Å². The van der Waals surface area contributed by atoms with Gasteiger partial charge in [0.25, 0.3) is 0 Å². The lowest BCUT2D eigenvalue weighted by molar-refractivity contribution is -0.116. The van der Waals surface area contributed by atoms with E-state index in [1.165, 1.54) is 11.3 Å². The third kappa shape index (κ3) is 3.68. The van der Waals surface area contributed by atoms with E-state index in [-0.39, 0.29) is 11.9 Å². The highest BCUT2D eigenvalue weighted by atomic mass is 35.5. The van der Waals surface area contributed by atoms with Crippen LogP contribution in [0.1, 0.15) is 12.5 Å². The average molecular weight is 296 g/mol. The number of anilines is 2. The summed E-state index contributed by atoms with van der Waals surface area (Å²) in [6.45, 7) is 3.75. The molecule has 1 amide bonds. The molecule has 1 aromatic heterocycles. The Kier molecular flexibility index (Phi) is 4.39. The number of amides is 1. The van der Waals surface area contributed by atoms with Gasteiger partial charge in [-0.15, -0.1) is 11.3 Å². The fourth-order valence-corrected chi connectivity index (χ4v) is 2.35. The van der Waals surface area contributed by atoms with Gasteiger partial charge < -0.3 is 10.6 Å². The first-order valence-corrected chi connectivity index (χ1v) is 7.05. The van der Waals surface area contributed by atoms with Gasteiger partial charge in [0.15, 0.2) is 5.13 Å². The number of hydrogen-bond donors (Lipinski definition) is 2.